The molecule has 72 valence electrons. The van der Waals surface area contributed by atoms with Gasteiger partial charge in [-0.05, 0) is 24.3 Å². The van der Waals surface area contributed by atoms with Gasteiger partial charge in [-0.1, -0.05) is 18.2 Å². The largest absolute Gasteiger partial charge is 0.353 e. The lowest BCUT2D eigenvalue weighted by molar-refractivity contribution is 1.14. The van der Waals surface area contributed by atoms with Crippen molar-refractivity contribution in [2.24, 2.45) is 0 Å². The van der Waals surface area contributed by atoms with Crippen LogP contribution in [0.5, 0.6) is 0 Å². The molecular weight excluding hydrogens is 186 g/mol. The average Bonchev–Trinajstić information content (AvgIpc) is 2.74. The maximum atomic E-state index is 4.28. The zero-order chi connectivity index (χ0) is 10.1. The third-order valence-corrected chi connectivity index (χ3v) is 2.33. The molecule has 0 aliphatic carbocycles. The van der Waals surface area contributed by atoms with E-state index in [9.17, 15) is 0 Å². The summed E-state index contributed by atoms with van der Waals surface area (Å²) >= 11 is 0. The summed E-state index contributed by atoms with van der Waals surface area (Å²) in [6.45, 7) is 3.06. The van der Waals surface area contributed by atoms with E-state index in [0.29, 0.717) is 0 Å². The molecule has 2 heterocycles. The second kappa shape index (κ2) is 3.28. The Morgan fingerprint density at radius 1 is 1.07 bits per heavy atom. The Morgan fingerprint density at radius 3 is 2.80 bits per heavy atom. The molecule has 2 aromatic rings. The van der Waals surface area contributed by atoms with Crippen molar-refractivity contribution in [3.8, 4) is 0 Å². The Bertz CT molecular complexity index is 467. The molecule has 0 amide bonds. The molecule has 0 bridgehead atoms. The van der Waals surface area contributed by atoms with Gasteiger partial charge >= 0.3 is 0 Å². The average molecular weight is 195 g/mol. The number of anilines is 3. The third-order valence-electron chi connectivity index (χ3n) is 2.33. The van der Waals surface area contributed by atoms with Gasteiger partial charge in [-0.25, -0.2) is 4.98 Å². The molecule has 3 nitrogen and oxygen atoms in total. The summed E-state index contributed by atoms with van der Waals surface area (Å²) in [7, 11) is 0. The Balaban J connectivity index is 2.05. The molecule has 1 aliphatic heterocycles. The van der Waals surface area contributed by atoms with Gasteiger partial charge in [-0.2, -0.15) is 0 Å². The highest BCUT2D eigenvalue weighted by atomic mass is 15.3. The van der Waals surface area contributed by atoms with E-state index in [2.05, 4.69) is 17.0 Å². The molecule has 2 radical (unpaired) electrons. The fraction of sp³-hybridized carbons (Fsp3) is 0. The van der Waals surface area contributed by atoms with Gasteiger partial charge in [0.1, 0.15) is 5.82 Å². The first-order valence-electron chi connectivity index (χ1n) is 4.77. The number of aromatic nitrogens is 1. The van der Waals surface area contributed by atoms with Crippen molar-refractivity contribution in [3.05, 3.63) is 55.3 Å². The van der Waals surface area contributed by atoms with Crippen LogP contribution in [0.4, 0.5) is 17.2 Å². The number of fused-ring (bicyclic) bond motifs is 1. The van der Waals surface area contributed by atoms with Crippen LogP contribution in [0, 0.1) is 6.67 Å². The van der Waals surface area contributed by atoms with E-state index in [4.69, 9.17) is 0 Å². The molecular formula is C12H9N3. The zero-order valence-electron chi connectivity index (χ0n) is 8.01. The first kappa shape index (κ1) is 8.29. The molecule has 1 aliphatic rings. The molecule has 0 unspecified atom stereocenters. The van der Waals surface area contributed by atoms with Gasteiger partial charge in [0.15, 0.2) is 0 Å². The van der Waals surface area contributed by atoms with Crippen LogP contribution < -0.4 is 10.2 Å². The topological polar surface area (TPSA) is 28.2 Å². The number of nitrogens with one attached hydrogen (secondary N) is 1. The SMILES string of the molecule is [C]1Nc2ccccc2N1c1ccccn1. The fourth-order valence-electron chi connectivity index (χ4n) is 1.62. The molecule has 3 rings (SSSR count). The van der Waals surface area contributed by atoms with Gasteiger partial charge in [-0.15, -0.1) is 0 Å². The standard InChI is InChI=1S/C12H9N3/c1-2-6-11-10(5-1)14-9-15(11)12-7-3-4-8-13-12/h1-8,14H. The quantitative estimate of drug-likeness (QED) is 0.758. The summed E-state index contributed by atoms with van der Waals surface area (Å²) in [4.78, 5) is 6.20. The van der Waals surface area contributed by atoms with Gasteiger partial charge in [-0.3, -0.25) is 4.90 Å². The molecule has 0 saturated heterocycles. The number of nitrogens with zero attached hydrogens (tertiary/aromatic N) is 2. The predicted molar refractivity (Wildman–Crippen MR) is 59.7 cm³/mol. The molecule has 15 heavy (non-hydrogen) atoms. The van der Waals surface area contributed by atoms with Gasteiger partial charge < -0.3 is 5.32 Å². The Labute approximate surface area is 88.4 Å². The van der Waals surface area contributed by atoms with Gasteiger partial charge in [0.05, 0.1) is 11.4 Å². The summed E-state index contributed by atoms with van der Waals surface area (Å²) in [6.07, 6.45) is 1.78. The van der Waals surface area contributed by atoms with Crippen molar-refractivity contribution < 1.29 is 0 Å². The smallest absolute Gasteiger partial charge is 0.212 e. The van der Waals surface area contributed by atoms with E-state index in [1.165, 1.54) is 0 Å². The summed E-state index contributed by atoms with van der Waals surface area (Å²) in [5, 5.41) is 3.08. The van der Waals surface area contributed by atoms with Crippen molar-refractivity contribution in [2.75, 3.05) is 10.2 Å². The van der Waals surface area contributed by atoms with Crippen molar-refractivity contribution in [2.45, 2.75) is 0 Å². The third kappa shape index (κ3) is 1.32. The number of rotatable bonds is 1. The van der Waals surface area contributed by atoms with E-state index in [1.807, 2.05) is 47.4 Å². The summed E-state index contributed by atoms with van der Waals surface area (Å²) in [5.74, 6) is 0.870. The van der Waals surface area contributed by atoms with Crippen LogP contribution in [0.15, 0.2) is 48.7 Å². The highest BCUT2D eigenvalue weighted by molar-refractivity contribution is 5.82. The van der Waals surface area contributed by atoms with Crippen molar-refractivity contribution >= 4 is 17.2 Å². The first-order chi connectivity index (χ1) is 7.45. The zero-order valence-corrected chi connectivity index (χ0v) is 8.01. The Hall–Kier alpha value is -2.03. The summed E-state index contributed by atoms with van der Waals surface area (Å²) in [6, 6.07) is 13.9. The van der Waals surface area contributed by atoms with E-state index >= 15 is 0 Å². The minimum Gasteiger partial charge on any atom is -0.353 e. The van der Waals surface area contributed by atoms with Crippen LogP contribution in [0.1, 0.15) is 0 Å². The van der Waals surface area contributed by atoms with Crippen molar-refractivity contribution in [1.29, 1.82) is 0 Å². The second-order valence-electron chi connectivity index (χ2n) is 3.28. The number of para-hydroxylation sites is 2. The summed E-state index contributed by atoms with van der Waals surface area (Å²) < 4.78 is 0. The van der Waals surface area contributed by atoms with Crippen LogP contribution in [0.2, 0.25) is 0 Å². The maximum Gasteiger partial charge on any atom is 0.212 e. The highest BCUT2D eigenvalue weighted by Crippen LogP contribution is 2.36. The van der Waals surface area contributed by atoms with Crippen LogP contribution in [-0.4, -0.2) is 4.98 Å². The molecule has 3 heteroatoms. The Morgan fingerprint density at radius 2 is 1.93 bits per heavy atom. The number of hydrogen-bond donors (Lipinski definition) is 1. The number of benzene rings is 1. The lowest BCUT2D eigenvalue weighted by Gasteiger charge is -2.14. The molecule has 0 saturated carbocycles. The number of hydrogen-bond acceptors (Lipinski definition) is 3. The number of pyridine rings is 1. The van der Waals surface area contributed by atoms with Crippen molar-refractivity contribution in [3.63, 3.8) is 0 Å². The normalized spacial score (nSPS) is 13.5. The summed E-state index contributed by atoms with van der Waals surface area (Å²) in [5.41, 5.74) is 2.14. The predicted octanol–water partition coefficient (Wildman–Crippen LogP) is 2.64. The lowest BCUT2D eigenvalue weighted by Crippen LogP contribution is -2.11. The van der Waals surface area contributed by atoms with Gasteiger partial charge in [0, 0.05) is 6.20 Å². The molecule has 0 atom stereocenters. The molecule has 1 N–H and O–H groups in total. The van der Waals surface area contributed by atoms with E-state index in [0.717, 1.165) is 17.2 Å². The Kier molecular flexibility index (Phi) is 1.81. The van der Waals surface area contributed by atoms with Crippen LogP contribution in [0.25, 0.3) is 0 Å². The second-order valence-corrected chi connectivity index (χ2v) is 3.28. The molecule has 0 fully saturated rings. The van der Waals surface area contributed by atoms with E-state index in [-0.39, 0.29) is 0 Å². The molecule has 1 aromatic carbocycles. The monoisotopic (exact) mass is 195 g/mol. The van der Waals surface area contributed by atoms with Gasteiger partial charge in [0.25, 0.3) is 0 Å². The van der Waals surface area contributed by atoms with Crippen LogP contribution in [0.3, 0.4) is 0 Å². The van der Waals surface area contributed by atoms with E-state index in [1.54, 1.807) is 6.20 Å². The lowest BCUT2D eigenvalue weighted by atomic mass is 10.2. The maximum absolute atomic E-state index is 4.28. The van der Waals surface area contributed by atoms with Crippen molar-refractivity contribution in [1.82, 2.24) is 4.98 Å². The van der Waals surface area contributed by atoms with Gasteiger partial charge in [0.2, 0.25) is 6.67 Å². The van der Waals surface area contributed by atoms with E-state index < -0.39 is 0 Å². The fourth-order valence-corrected chi connectivity index (χ4v) is 1.62. The first-order valence-corrected chi connectivity index (χ1v) is 4.77. The highest BCUT2D eigenvalue weighted by Gasteiger charge is 2.21. The minimum atomic E-state index is 0.870. The van der Waals surface area contributed by atoms with Crippen LogP contribution >= 0.6 is 0 Å². The molecule has 1 aromatic heterocycles. The minimum absolute atomic E-state index is 0.870. The van der Waals surface area contributed by atoms with Crippen LogP contribution in [-0.2, 0) is 0 Å². The molecule has 0 spiro atoms.